The van der Waals surface area contributed by atoms with Gasteiger partial charge in [0.1, 0.15) is 5.78 Å². The summed E-state index contributed by atoms with van der Waals surface area (Å²) in [6, 6.07) is 0. The highest BCUT2D eigenvalue weighted by molar-refractivity contribution is 5.84. The van der Waals surface area contributed by atoms with Gasteiger partial charge in [-0.05, 0) is 46.0 Å². The molecule has 112 valence electrons. The fraction of sp³-hybridized carbons (Fsp3) is 0.647. The monoisotopic (exact) mass is 278 g/mol. The van der Waals surface area contributed by atoms with Crippen LogP contribution in [-0.2, 0) is 14.3 Å². The Morgan fingerprint density at radius 3 is 2.70 bits per heavy atom. The van der Waals surface area contributed by atoms with Gasteiger partial charge in [0.05, 0.1) is 6.61 Å². The van der Waals surface area contributed by atoms with E-state index in [9.17, 15) is 9.59 Å². The molecule has 0 N–H and O–H groups in total. The van der Waals surface area contributed by atoms with Gasteiger partial charge < -0.3 is 4.74 Å². The van der Waals surface area contributed by atoms with Gasteiger partial charge in [0.2, 0.25) is 0 Å². The number of esters is 1. The molecule has 2 atom stereocenters. The fourth-order valence-corrected chi connectivity index (χ4v) is 2.64. The normalized spacial score (nSPS) is 22.1. The molecule has 0 amide bonds. The maximum absolute atomic E-state index is 12.3. The molecule has 0 unspecified atom stereocenters. The Morgan fingerprint density at radius 1 is 1.40 bits per heavy atom. The summed E-state index contributed by atoms with van der Waals surface area (Å²) in [4.78, 5) is 23.5. The van der Waals surface area contributed by atoms with E-state index in [1.165, 1.54) is 5.57 Å². The zero-order chi connectivity index (χ0) is 15.1. The van der Waals surface area contributed by atoms with Crippen LogP contribution in [-0.4, -0.2) is 18.4 Å². The minimum atomic E-state index is -0.212. The summed E-state index contributed by atoms with van der Waals surface area (Å²) in [6.07, 6.45) is 5.40. The Labute approximate surface area is 122 Å². The average molecular weight is 278 g/mol. The molecule has 20 heavy (non-hydrogen) atoms. The van der Waals surface area contributed by atoms with Crippen LogP contribution in [0.25, 0.3) is 0 Å². The maximum Gasteiger partial charge on any atom is 0.305 e. The third-order valence-corrected chi connectivity index (χ3v) is 3.99. The van der Waals surface area contributed by atoms with Crippen molar-refractivity contribution in [1.82, 2.24) is 0 Å². The molecule has 0 aromatic carbocycles. The molecule has 0 aromatic heterocycles. The predicted molar refractivity (Wildman–Crippen MR) is 80.3 cm³/mol. The first kappa shape index (κ1) is 16.7. The van der Waals surface area contributed by atoms with Gasteiger partial charge in [-0.2, -0.15) is 0 Å². The summed E-state index contributed by atoms with van der Waals surface area (Å²) < 4.78 is 4.87. The van der Waals surface area contributed by atoms with Crippen molar-refractivity contribution in [2.45, 2.75) is 52.9 Å². The van der Waals surface area contributed by atoms with Crippen LogP contribution in [0.2, 0.25) is 0 Å². The third-order valence-electron chi connectivity index (χ3n) is 3.99. The summed E-state index contributed by atoms with van der Waals surface area (Å²) in [5.74, 6) is 0.454. The van der Waals surface area contributed by atoms with E-state index in [0.717, 1.165) is 18.4 Å². The van der Waals surface area contributed by atoms with Crippen LogP contribution in [0, 0.1) is 11.8 Å². The Morgan fingerprint density at radius 2 is 2.10 bits per heavy atom. The quantitative estimate of drug-likeness (QED) is 0.525. The highest BCUT2D eigenvalue weighted by Crippen LogP contribution is 2.34. The molecule has 0 bridgehead atoms. The van der Waals surface area contributed by atoms with Crippen LogP contribution >= 0.6 is 0 Å². The Balaban J connectivity index is 2.46. The lowest BCUT2D eigenvalue weighted by molar-refractivity contribution is -0.143. The highest BCUT2D eigenvalue weighted by Gasteiger charge is 2.27. The zero-order valence-electron chi connectivity index (χ0n) is 12.9. The summed E-state index contributed by atoms with van der Waals surface area (Å²) >= 11 is 0. The first-order valence-electron chi connectivity index (χ1n) is 7.46. The van der Waals surface area contributed by atoms with E-state index in [1.54, 1.807) is 6.92 Å². The zero-order valence-corrected chi connectivity index (χ0v) is 12.9. The number of hydrogen-bond acceptors (Lipinski definition) is 3. The van der Waals surface area contributed by atoms with Crippen molar-refractivity contribution in [3.63, 3.8) is 0 Å². The Bertz CT molecular complexity index is 406. The van der Waals surface area contributed by atoms with Crippen LogP contribution in [0.15, 0.2) is 23.8 Å². The molecule has 0 saturated carbocycles. The molecular formula is C17H26O3. The van der Waals surface area contributed by atoms with Crippen molar-refractivity contribution < 1.29 is 14.3 Å². The van der Waals surface area contributed by atoms with Gasteiger partial charge in [-0.3, -0.25) is 9.59 Å². The summed E-state index contributed by atoms with van der Waals surface area (Å²) in [5.41, 5.74) is 2.32. The number of allylic oxidation sites excluding steroid dienone is 3. The second-order valence-corrected chi connectivity index (χ2v) is 5.64. The van der Waals surface area contributed by atoms with Crippen molar-refractivity contribution in [2.75, 3.05) is 6.61 Å². The smallest absolute Gasteiger partial charge is 0.305 e. The number of hydrogen-bond donors (Lipinski definition) is 0. The molecule has 0 spiro atoms. The molecule has 1 aliphatic rings. The van der Waals surface area contributed by atoms with Crippen LogP contribution < -0.4 is 0 Å². The molecular weight excluding hydrogens is 252 g/mol. The van der Waals surface area contributed by atoms with E-state index in [1.807, 2.05) is 13.8 Å². The van der Waals surface area contributed by atoms with E-state index in [4.69, 9.17) is 4.74 Å². The Kier molecular flexibility index (Phi) is 6.69. The maximum atomic E-state index is 12.3. The summed E-state index contributed by atoms with van der Waals surface area (Å²) in [6.45, 7) is 10.3. The highest BCUT2D eigenvalue weighted by atomic mass is 16.5. The fourth-order valence-electron chi connectivity index (χ4n) is 2.64. The molecule has 0 saturated heterocycles. The number of ether oxygens (including phenoxy) is 1. The predicted octanol–water partition coefficient (Wildman–Crippen LogP) is 3.84. The van der Waals surface area contributed by atoms with Gasteiger partial charge in [-0.1, -0.05) is 23.8 Å². The molecule has 3 heteroatoms. The number of carbonyl (C=O) groups is 2. The van der Waals surface area contributed by atoms with E-state index < -0.39 is 0 Å². The van der Waals surface area contributed by atoms with Crippen molar-refractivity contribution >= 4 is 11.8 Å². The van der Waals surface area contributed by atoms with Crippen molar-refractivity contribution in [3.8, 4) is 0 Å². The molecule has 0 aromatic rings. The van der Waals surface area contributed by atoms with Gasteiger partial charge in [0.25, 0.3) is 0 Å². The van der Waals surface area contributed by atoms with Crippen LogP contribution in [0.1, 0.15) is 52.9 Å². The summed E-state index contributed by atoms with van der Waals surface area (Å²) in [5, 5.41) is 0. The first-order chi connectivity index (χ1) is 9.45. The van der Waals surface area contributed by atoms with Crippen molar-refractivity contribution in [2.24, 2.45) is 11.8 Å². The van der Waals surface area contributed by atoms with Crippen LogP contribution in [0.3, 0.4) is 0 Å². The lowest BCUT2D eigenvalue weighted by atomic mass is 9.76. The minimum absolute atomic E-state index is 0.00708. The average Bonchev–Trinajstić information content (AvgIpc) is 2.39. The summed E-state index contributed by atoms with van der Waals surface area (Å²) in [7, 11) is 0. The van der Waals surface area contributed by atoms with E-state index in [-0.39, 0.29) is 17.7 Å². The minimum Gasteiger partial charge on any atom is -0.466 e. The standard InChI is InChI=1S/C17H26O3/c1-5-20-17(19)8-6-7-16(18)15-11-14(12(2)3)10-9-13(15)4/h9,14-15H,2,5-8,10-11H2,1,3-4H3/t14-,15+/m0/s1. The van der Waals surface area contributed by atoms with Crippen LogP contribution in [0.5, 0.6) is 0 Å². The van der Waals surface area contributed by atoms with Gasteiger partial charge in [-0.25, -0.2) is 0 Å². The molecule has 0 heterocycles. The Hall–Kier alpha value is -1.38. The van der Waals surface area contributed by atoms with Crippen molar-refractivity contribution in [3.05, 3.63) is 23.8 Å². The van der Waals surface area contributed by atoms with Gasteiger partial charge >= 0.3 is 5.97 Å². The molecule has 0 fully saturated rings. The second kappa shape index (κ2) is 8.03. The lowest BCUT2D eigenvalue weighted by Crippen LogP contribution is -2.23. The number of ketones is 1. The SMILES string of the molecule is C=C(C)[C@H]1CC=C(C)[C@H](C(=O)CCCC(=O)OCC)C1. The third kappa shape index (κ3) is 4.95. The second-order valence-electron chi connectivity index (χ2n) is 5.64. The van der Waals surface area contributed by atoms with E-state index in [0.29, 0.717) is 31.8 Å². The largest absolute Gasteiger partial charge is 0.466 e. The number of Topliss-reactive ketones (excluding diaryl/α,β-unsaturated/α-hetero) is 1. The van der Waals surface area contributed by atoms with Gasteiger partial charge in [-0.15, -0.1) is 0 Å². The lowest BCUT2D eigenvalue weighted by Gasteiger charge is -2.28. The van der Waals surface area contributed by atoms with E-state index in [2.05, 4.69) is 12.7 Å². The molecule has 1 rings (SSSR count). The molecule has 3 nitrogen and oxygen atoms in total. The van der Waals surface area contributed by atoms with Crippen molar-refractivity contribution in [1.29, 1.82) is 0 Å². The topological polar surface area (TPSA) is 43.4 Å². The van der Waals surface area contributed by atoms with Gasteiger partial charge in [0, 0.05) is 18.8 Å². The number of carbonyl (C=O) groups excluding carboxylic acids is 2. The van der Waals surface area contributed by atoms with Crippen LogP contribution in [0.4, 0.5) is 0 Å². The number of rotatable bonds is 7. The van der Waals surface area contributed by atoms with Gasteiger partial charge in [0.15, 0.2) is 0 Å². The molecule has 0 radical (unpaired) electrons. The van der Waals surface area contributed by atoms with E-state index >= 15 is 0 Å². The molecule has 1 aliphatic carbocycles. The molecule has 0 aliphatic heterocycles. The first-order valence-corrected chi connectivity index (χ1v) is 7.46.